The minimum atomic E-state index is -2.17. The Balaban J connectivity index is 2.62. The SMILES string of the molecule is COc1cccc(OC)c1C(=O)P(CC(=O)O)C(O)c1c(OC)cccc1OC. The number of rotatable bonds is 10. The zero-order chi connectivity index (χ0) is 21.6. The van der Waals surface area contributed by atoms with Gasteiger partial charge in [0.15, 0.2) is 5.52 Å². The van der Waals surface area contributed by atoms with Gasteiger partial charge in [-0.3, -0.25) is 9.59 Å². The van der Waals surface area contributed by atoms with Crippen LogP contribution in [0.3, 0.4) is 0 Å². The standard InChI is InChI=1S/C20H23O8P/c1-25-12-7-5-8-13(26-2)17(12)19(23)29(11-16(21)22)20(24)18-14(27-3)9-6-10-15(18)28-4/h5-10,19,23H,11H2,1-4H3,(H,21,22). The van der Waals surface area contributed by atoms with Crippen molar-refractivity contribution in [3.8, 4) is 23.0 Å². The molecule has 29 heavy (non-hydrogen) atoms. The first-order valence-corrected chi connectivity index (χ1v) is 10.1. The number of ether oxygens (including phenoxy) is 4. The molecule has 2 aromatic rings. The van der Waals surface area contributed by atoms with Crippen molar-refractivity contribution in [2.24, 2.45) is 0 Å². The van der Waals surface area contributed by atoms with Crippen LogP contribution in [0.2, 0.25) is 0 Å². The quantitative estimate of drug-likeness (QED) is 0.562. The number of carboxylic acid groups (broad SMARTS) is 1. The van der Waals surface area contributed by atoms with Crippen molar-refractivity contribution in [2.75, 3.05) is 34.6 Å². The van der Waals surface area contributed by atoms with Gasteiger partial charge in [0.25, 0.3) is 0 Å². The first-order valence-electron chi connectivity index (χ1n) is 8.52. The lowest BCUT2D eigenvalue weighted by Crippen LogP contribution is -2.15. The summed E-state index contributed by atoms with van der Waals surface area (Å²) in [7, 11) is 3.45. The summed E-state index contributed by atoms with van der Waals surface area (Å²) in [6.07, 6.45) is -0.558. The molecule has 9 heteroatoms. The van der Waals surface area contributed by atoms with Crippen LogP contribution in [-0.4, -0.2) is 56.3 Å². The molecule has 2 atom stereocenters. The fourth-order valence-corrected chi connectivity index (χ4v) is 4.81. The van der Waals surface area contributed by atoms with Gasteiger partial charge in [0.2, 0.25) is 0 Å². The summed E-state index contributed by atoms with van der Waals surface area (Å²) in [5.74, 6) is -1.64. The second-order valence-electron chi connectivity index (χ2n) is 5.81. The summed E-state index contributed by atoms with van der Waals surface area (Å²) in [6, 6.07) is 9.65. The van der Waals surface area contributed by atoms with Crippen molar-refractivity contribution in [2.45, 2.75) is 5.85 Å². The van der Waals surface area contributed by atoms with Crippen LogP contribution in [0.1, 0.15) is 21.8 Å². The highest BCUT2D eigenvalue weighted by atomic mass is 31.1. The lowest BCUT2D eigenvalue weighted by molar-refractivity contribution is -0.134. The van der Waals surface area contributed by atoms with Crippen molar-refractivity contribution >= 4 is 19.4 Å². The van der Waals surface area contributed by atoms with E-state index in [4.69, 9.17) is 18.9 Å². The van der Waals surface area contributed by atoms with E-state index < -0.39 is 31.4 Å². The molecular weight excluding hydrogens is 399 g/mol. The van der Waals surface area contributed by atoms with Crippen LogP contribution in [-0.2, 0) is 4.79 Å². The van der Waals surface area contributed by atoms with Gasteiger partial charge in [0.1, 0.15) is 34.4 Å². The molecule has 0 aliphatic carbocycles. The summed E-state index contributed by atoms with van der Waals surface area (Å²) < 4.78 is 21.1. The van der Waals surface area contributed by atoms with Crippen molar-refractivity contribution in [3.05, 3.63) is 47.5 Å². The Kier molecular flexibility index (Phi) is 7.82. The number of methoxy groups -OCH3 is 4. The van der Waals surface area contributed by atoms with Gasteiger partial charge in [-0.15, -0.1) is 0 Å². The van der Waals surface area contributed by atoms with Gasteiger partial charge in [-0.1, -0.05) is 12.1 Å². The summed E-state index contributed by atoms with van der Waals surface area (Å²) in [4.78, 5) is 24.9. The number of benzene rings is 2. The number of hydrogen-bond donors (Lipinski definition) is 2. The number of carbonyl (C=O) groups excluding carboxylic acids is 1. The van der Waals surface area contributed by atoms with Gasteiger partial charge >= 0.3 is 5.97 Å². The average molecular weight is 422 g/mol. The second kappa shape index (κ2) is 10.1. The molecule has 0 saturated carbocycles. The van der Waals surface area contributed by atoms with Gasteiger partial charge in [-0.25, -0.2) is 0 Å². The van der Waals surface area contributed by atoms with Gasteiger partial charge in [0.05, 0.1) is 40.2 Å². The third kappa shape index (κ3) is 4.78. The summed E-state index contributed by atoms with van der Waals surface area (Å²) in [6.45, 7) is 0. The molecule has 2 aromatic carbocycles. The predicted octanol–water partition coefficient (Wildman–Crippen LogP) is 3.12. The molecule has 0 fully saturated rings. The Bertz CT molecular complexity index is 838. The van der Waals surface area contributed by atoms with E-state index in [0.29, 0.717) is 0 Å². The van der Waals surface area contributed by atoms with E-state index >= 15 is 0 Å². The van der Waals surface area contributed by atoms with E-state index in [1.54, 1.807) is 36.4 Å². The van der Waals surface area contributed by atoms with Crippen LogP contribution in [0.15, 0.2) is 36.4 Å². The zero-order valence-corrected chi connectivity index (χ0v) is 17.4. The zero-order valence-electron chi connectivity index (χ0n) is 16.5. The number of aliphatic hydroxyl groups excluding tert-OH is 1. The van der Waals surface area contributed by atoms with Crippen LogP contribution in [0.5, 0.6) is 23.0 Å². The third-order valence-electron chi connectivity index (χ3n) is 4.23. The number of hydrogen-bond acceptors (Lipinski definition) is 7. The Morgan fingerprint density at radius 3 is 1.66 bits per heavy atom. The molecule has 0 radical (unpaired) electrons. The van der Waals surface area contributed by atoms with Crippen molar-refractivity contribution in [1.29, 1.82) is 0 Å². The Morgan fingerprint density at radius 2 is 1.28 bits per heavy atom. The summed E-state index contributed by atoms with van der Waals surface area (Å²) in [5.41, 5.74) is -0.276. The number of carbonyl (C=O) groups is 2. The molecule has 0 aromatic heterocycles. The lowest BCUT2D eigenvalue weighted by Gasteiger charge is -2.25. The molecule has 2 rings (SSSR count). The van der Waals surface area contributed by atoms with E-state index in [-0.39, 0.29) is 34.1 Å². The molecule has 8 nitrogen and oxygen atoms in total. The minimum absolute atomic E-state index is 0.0813. The van der Waals surface area contributed by atoms with E-state index in [2.05, 4.69) is 0 Å². The first kappa shape index (κ1) is 22.5. The highest BCUT2D eigenvalue weighted by Gasteiger charge is 2.36. The maximum atomic E-state index is 13.4. The smallest absolute Gasteiger partial charge is 0.308 e. The molecule has 0 saturated heterocycles. The van der Waals surface area contributed by atoms with Crippen LogP contribution in [0, 0.1) is 0 Å². The Hall–Kier alpha value is -2.83. The molecule has 2 unspecified atom stereocenters. The number of carboxylic acids is 1. The van der Waals surface area contributed by atoms with Crippen molar-refractivity contribution < 1.29 is 38.7 Å². The molecule has 0 bridgehead atoms. The molecule has 0 amide bonds. The topological polar surface area (TPSA) is 112 Å². The van der Waals surface area contributed by atoms with Gasteiger partial charge in [-0.05, 0) is 24.3 Å². The monoisotopic (exact) mass is 422 g/mol. The Labute approximate surface area is 169 Å². The second-order valence-corrected chi connectivity index (χ2v) is 7.97. The van der Waals surface area contributed by atoms with Gasteiger partial charge < -0.3 is 29.2 Å². The van der Waals surface area contributed by atoms with Crippen LogP contribution >= 0.6 is 7.92 Å². The first-order chi connectivity index (χ1) is 13.9. The molecule has 0 spiro atoms. The molecule has 2 N–H and O–H groups in total. The summed E-state index contributed by atoms with van der Waals surface area (Å²) in [5, 5.41) is 20.5. The van der Waals surface area contributed by atoms with E-state index in [0.717, 1.165) is 0 Å². The minimum Gasteiger partial charge on any atom is -0.496 e. The van der Waals surface area contributed by atoms with Crippen LogP contribution in [0.25, 0.3) is 0 Å². The molecule has 0 aliphatic heterocycles. The molecule has 0 heterocycles. The fraction of sp³-hybridized carbons (Fsp3) is 0.300. The molecular formula is C20H23O8P. The maximum Gasteiger partial charge on any atom is 0.308 e. The maximum absolute atomic E-state index is 13.4. The van der Waals surface area contributed by atoms with Crippen molar-refractivity contribution in [1.82, 2.24) is 0 Å². The molecule has 156 valence electrons. The highest BCUT2D eigenvalue weighted by Crippen LogP contribution is 2.57. The lowest BCUT2D eigenvalue weighted by atomic mass is 10.2. The third-order valence-corrected chi connectivity index (χ3v) is 6.43. The van der Waals surface area contributed by atoms with E-state index in [1.807, 2.05) is 0 Å². The van der Waals surface area contributed by atoms with Crippen molar-refractivity contribution in [3.63, 3.8) is 0 Å². The number of aliphatic hydroxyl groups is 1. The normalized spacial score (nSPS) is 12.6. The fourth-order valence-electron chi connectivity index (χ4n) is 2.91. The van der Waals surface area contributed by atoms with Crippen LogP contribution < -0.4 is 18.9 Å². The van der Waals surface area contributed by atoms with Gasteiger partial charge in [-0.2, -0.15) is 0 Å². The van der Waals surface area contributed by atoms with E-state index in [1.165, 1.54) is 28.4 Å². The Morgan fingerprint density at radius 1 is 0.862 bits per heavy atom. The van der Waals surface area contributed by atoms with E-state index in [9.17, 15) is 19.8 Å². The number of aliphatic carboxylic acids is 1. The average Bonchev–Trinajstić information content (AvgIpc) is 2.74. The van der Waals surface area contributed by atoms with Gasteiger partial charge in [0, 0.05) is 7.92 Å². The summed E-state index contributed by atoms with van der Waals surface area (Å²) >= 11 is 0. The highest BCUT2D eigenvalue weighted by molar-refractivity contribution is 7.76. The largest absolute Gasteiger partial charge is 0.496 e. The predicted molar refractivity (Wildman–Crippen MR) is 108 cm³/mol. The van der Waals surface area contributed by atoms with Crippen LogP contribution in [0.4, 0.5) is 0 Å². The molecule has 0 aliphatic rings.